The molecule has 0 saturated carbocycles. The van der Waals surface area contributed by atoms with Crippen molar-refractivity contribution < 1.29 is 8.83 Å². The highest BCUT2D eigenvalue weighted by molar-refractivity contribution is 6.22. The van der Waals surface area contributed by atoms with Gasteiger partial charge in [-0.05, 0) is 97.4 Å². The summed E-state index contributed by atoms with van der Waals surface area (Å²) in [7, 11) is 0. The highest BCUT2D eigenvalue weighted by Gasteiger charge is 2.25. The van der Waals surface area contributed by atoms with Gasteiger partial charge in [0.05, 0.1) is 0 Å². The summed E-state index contributed by atoms with van der Waals surface area (Å²) in [6.45, 7) is 0. The fourth-order valence-electron chi connectivity index (χ4n) is 9.30. The van der Waals surface area contributed by atoms with Crippen LogP contribution in [0.25, 0.3) is 133 Å². The second-order valence-corrected chi connectivity index (χ2v) is 15.1. The summed E-state index contributed by atoms with van der Waals surface area (Å²) in [5.41, 5.74) is 13.2. The predicted octanol–water partition coefficient (Wildman–Crippen LogP) is 14.3. The Labute approximate surface area is 331 Å². The molecule has 1 aliphatic carbocycles. The zero-order valence-electron chi connectivity index (χ0n) is 30.9. The van der Waals surface area contributed by atoms with E-state index in [9.17, 15) is 0 Å². The van der Waals surface area contributed by atoms with Gasteiger partial charge in [-0.1, -0.05) is 133 Å². The van der Waals surface area contributed by atoms with Crippen LogP contribution in [0.2, 0.25) is 0 Å². The maximum absolute atomic E-state index is 6.71. The first-order chi connectivity index (χ1) is 28.7. The molecule has 0 unspecified atom stereocenters. The number of fused-ring (bicyclic) bond motifs is 10. The van der Waals surface area contributed by atoms with Crippen LogP contribution in [-0.4, -0.2) is 15.0 Å². The smallest absolute Gasteiger partial charge is 0.164 e. The number of hydrogen-bond acceptors (Lipinski definition) is 5. The van der Waals surface area contributed by atoms with Gasteiger partial charge in [0.25, 0.3) is 0 Å². The van der Waals surface area contributed by atoms with Crippen molar-refractivity contribution >= 4 is 65.4 Å². The van der Waals surface area contributed by atoms with E-state index in [1.807, 2.05) is 60.7 Å². The second-order valence-electron chi connectivity index (χ2n) is 15.1. The molecule has 1 aliphatic rings. The van der Waals surface area contributed by atoms with Crippen molar-refractivity contribution in [1.82, 2.24) is 15.0 Å². The number of furan rings is 2. The van der Waals surface area contributed by atoms with Crippen LogP contribution in [0.3, 0.4) is 0 Å². The van der Waals surface area contributed by atoms with Crippen LogP contribution in [0, 0.1) is 0 Å². The maximum atomic E-state index is 6.71. The van der Waals surface area contributed by atoms with Gasteiger partial charge in [0.2, 0.25) is 0 Å². The van der Waals surface area contributed by atoms with Gasteiger partial charge < -0.3 is 8.83 Å². The molecule has 0 amide bonds. The van der Waals surface area contributed by atoms with Gasteiger partial charge >= 0.3 is 0 Å². The van der Waals surface area contributed by atoms with Crippen LogP contribution in [0.1, 0.15) is 0 Å². The quantitative estimate of drug-likeness (QED) is 0.180. The molecule has 13 rings (SSSR count). The Bertz CT molecular complexity index is 3690. The summed E-state index contributed by atoms with van der Waals surface area (Å²) in [5, 5.41) is 8.98. The Morgan fingerprint density at radius 1 is 0.276 bits per heavy atom. The van der Waals surface area contributed by atoms with E-state index < -0.39 is 0 Å². The fraction of sp³-hybridized carbons (Fsp3) is 0. The number of hydrogen-bond donors (Lipinski definition) is 0. The Morgan fingerprint density at radius 2 is 0.828 bits per heavy atom. The second kappa shape index (κ2) is 11.8. The molecule has 3 heterocycles. The molecule has 12 aromatic rings. The molecule has 268 valence electrons. The van der Waals surface area contributed by atoms with Crippen LogP contribution in [0.5, 0.6) is 0 Å². The van der Waals surface area contributed by atoms with Gasteiger partial charge in [-0.15, -0.1) is 0 Å². The van der Waals surface area contributed by atoms with Gasteiger partial charge in [0, 0.05) is 38.2 Å². The van der Waals surface area contributed by atoms with Gasteiger partial charge in [0.1, 0.15) is 22.3 Å². The average molecular weight is 740 g/mol. The molecule has 5 nitrogen and oxygen atoms in total. The standard InChI is InChI=1S/C53H29N3O2/c1-2-12-31(13-3-1)51-54-52(56-53(55-51)39-22-11-25-46-50(39)38-18-6-7-23-44(38)57-46)33-26-32-14-4-5-17-34(32)40(27-33)37-21-10-24-45-49(37)43-28-41-35-19-8-15-30-16-9-20-36(48(30)35)42(41)29-47(43)58-45/h1-29H. The first kappa shape index (κ1) is 31.3. The van der Waals surface area contributed by atoms with Gasteiger partial charge in [-0.3, -0.25) is 0 Å². The molecule has 0 radical (unpaired) electrons. The highest BCUT2D eigenvalue weighted by Crippen LogP contribution is 2.51. The first-order valence-corrected chi connectivity index (χ1v) is 19.5. The van der Waals surface area contributed by atoms with Crippen LogP contribution in [-0.2, 0) is 0 Å². The monoisotopic (exact) mass is 739 g/mol. The number of para-hydroxylation sites is 1. The lowest BCUT2D eigenvalue weighted by atomic mass is 9.92. The van der Waals surface area contributed by atoms with E-state index in [0.29, 0.717) is 17.5 Å². The lowest BCUT2D eigenvalue weighted by Crippen LogP contribution is -2.00. The minimum Gasteiger partial charge on any atom is -0.456 e. The van der Waals surface area contributed by atoms with Crippen molar-refractivity contribution in [3.63, 3.8) is 0 Å². The third-order valence-electron chi connectivity index (χ3n) is 11.8. The van der Waals surface area contributed by atoms with Gasteiger partial charge in [0.15, 0.2) is 17.5 Å². The zero-order valence-corrected chi connectivity index (χ0v) is 30.9. The molecular weight excluding hydrogens is 711 g/mol. The molecule has 58 heavy (non-hydrogen) atoms. The number of aromatic nitrogens is 3. The van der Waals surface area contributed by atoms with Crippen molar-refractivity contribution in [2.24, 2.45) is 0 Å². The van der Waals surface area contributed by atoms with Crippen LogP contribution >= 0.6 is 0 Å². The molecule has 0 bridgehead atoms. The topological polar surface area (TPSA) is 65.0 Å². The normalized spacial score (nSPS) is 12.1. The minimum atomic E-state index is 0.587. The molecule has 0 saturated heterocycles. The van der Waals surface area contributed by atoms with Crippen LogP contribution in [0.15, 0.2) is 185 Å². The van der Waals surface area contributed by atoms with E-state index in [0.717, 1.165) is 82.5 Å². The first-order valence-electron chi connectivity index (χ1n) is 19.5. The number of benzene rings is 9. The SMILES string of the molecule is c1ccc(-c2nc(-c3cc(-c4cccc5oc6cc7c(cc6c45)-c4cccc5cccc-7c45)c4ccccc4c3)nc(-c3cccc4oc5ccccc5c34)n2)cc1. The third-order valence-corrected chi connectivity index (χ3v) is 11.8. The van der Waals surface area contributed by atoms with Crippen molar-refractivity contribution in [3.05, 3.63) is 176 Å². The van der Waals surface area contributed by atoms with Crippen molar-refractivity contribution in [1.29, 1.82) is 0 Å². The molecule has 9 aromatic carbocycles. The van der Waals surface area contributed by atoms with E-state index in [2.05, 4.69) is 115 Å². The van der Waals surface area contributed by atoms with Crippen molar-refractivity contribution in [2.75, 3.05) is 0 Å². The van der Waals surface area contributed by atoms with E-state index in [1.54, 1.807) is 0 Å². The van der Waals surface area contributed by atoms with Crippen molar-refractivity contribution in [2.45, 2.75) is 0 Å². The highest BCUT2D eigenvalue weighted by atomic mass is 16.3. The molecule has 0 atom stereocenters. The third kappa shape index (κ3) is 4.50. The molecular formula is C53H29N3O2. The fourth-order valence-corrected chi connectivity index (χ4v) is 9.30. The molecule has 0 N–H and O–H groups in total. The summed E-state index contributed by atoms with van der Waals surface area (Å²) in [6, 6.07) is 61.4. The summed E-state index contributed by atoms with van der Waals surface area (Å²) >= 11 is 0. The maximum Gasteiger partial charge on any atom is 0.164 e. The summed E-state index contributed by atoms with van der Waals surface area (Å²) in [6.07, 6.45) is 0. The Hall–Kier alpha value is -7.89. The molecule has 0 fully saturated rings. The Kier molecular flexibility index (Phi) is 6.38. The Morgan fingerprint density at radius 3 is 1.62 bits per heavy atom. The van der Waals surface area contributed by atoms with E-state index >= 15 is 0 Å². The van der Waals surface area contributed by atoms with Crippen LogP contribution in [0.4, 0.5) is 0 Å². The average Bonchev–Trinajstić information content (AvgIpc) is 3.95. The molecule has 3 aromatic heterocycles. The minimum absolute atomic E-state index is 0.587. The summed E-state index contributed by atoms with van der Waals surface area (Å²) < 4.78 is 13.0. The number of nitrogens with zero attached hydrogens (tertiary/aromatic N) is 3. The Balaban J connectivity index is 1.06. The molecule has 0 spiro atoms. The summed E-state index contributed by atoms with van der Waals surface area (Å²) in [5.74, 6) is 1.78. The van der Waals surface area contributed by atoms with Crippen LogP contribution < -0.4 is 0 Å². The largest absolute Gasteiger partial charge is 0.456 e. The lowest BCUT2D eigenvalue weighted by molar-refractivity contribution is 0.668. The van der Waals surface area contributed by atoms with E-state index in [4.69, 9.17) is 23.8 Å². The van der Waals surface area contributed by atoms with E-state index in [-0.39, 0.29) is 0 Å². The number of rotatable bonds is 4. The lowest BCUT2D eigenvalue weighted by Gasteiger charge is -2.13. The van der Waals surface area contributed by atoms with Crippen molar-refractivity contribution in [3.8, 4) is 67.5 Å². The zero-order chi connectivity index (χ0) is 37.9. The van der Waals surface area contributed by atoms with Gasteiger partial charge in [-0.25, -0.2) is 15.0 Å². The predicted molar refractivity (Wildman–Crippen MR) is 236 cm³/mol. The molecule has 0 aliphatic heterocycles. The summed E-state index contributed by atoms with van der Waals surface area (Å²) in [4.78, 5) is 15.6. The van der Waals surface area contributed by atoms with E-state index in [1.165, 1.54) is 33.0 Å². The molecule has 5 heteroatoms. The van der Waals surface area contributed by atoms with Gasteiger partial charge in [-0.2, -0.15) is 0 Å².